The van der Waals surface area contributed by atoms with Crippen LogP contribution in [0, 0.1) is 11.3 Å². The number of benzene rings is 2. The summed E-state index contributed by atoms with van der Waals surface area (Å²) in [5.74, 6) is -0.0365. The molecule has 1 aliphatic carbocycles. The van der Waals surface area contributed by atoms with Crippen molar-refractivity contribution in [1.82, 2.24) is 9.88 Å². The van der Waals surface area contributed by atoms with Crippen LogP contribution in [0.4, 0.5) is 0 Å². The number of carbonyl (C=O) groups is 1. The van der Waals surface area contributed by atoms with E-state index in [0.717, 1.165) is 35.9 Å². The predicted octanol–water partition coefficient (Wildman–Crippen LogP) is 3.68. The van der Waals surface area contributed by atoms with Gasteiger partial charge in [0.2, 0.25) is 0 Å². The number of amides is 1. The summed E-state index contributed by atoms with van der Waals surface area (Å²) in [6.07, 6.45) is 7.46. The van der Waals surface area contributed by atoms with Crippen LogP contribution in [0.25, 0.3) is 12.2 Å². The van der Waals surface area contributed by atoms with E-state index in [4.69, 9.17) is 16.9 Å². The Bertz CT molecular complexity index is 1280. The van der Waals surface area contributed by atoms with Gasteiger partial charge in [-0.25, -0.2) is 0 Å². The SMILES string of the molecule is N#Cc1ccc(C(=O)N2CCc3c([nH]c4c3=CCCC=4)C2c2ccc(Cl)cc2)cc1. The van der Waals surface area contributed by atoms with Crippen LogP contribution in [-0.2, 0) is 6.42 Å². The van der Waals surface area contributed by atoms with Gasteiger partial charge in [-0.3, -0.25) is 4.79 Å². The van der Waals surface area contributed by atoms with Crippen LogP contribution < -0.4 is 10.6 Å². The lowest BCUT2D eigenvalue weighted by molar-refractivity contribution is 0.0691. The smallest absolute Gasteiger partial charge is 0.254 e. The number of carbonyl (C=O) groups excluding carboxylic acids is 1. The number of rotatable bonds is 2. The maximum atomic E-state index is 13.5. The molecule has 5 heteroatoms. The Morgan fingerprint density at radius 3 is 2.53 bits per heavy atom. The van der Waals surface area contributed by atoms with Gasteiger partial charge in [0.05, 0.1) is 17.7 Å². The average Bonchev–Trinajstić information content (AvgIpc) is 3.17. The third kappa shape index (κ3) is 3.12. The standard InChI is InChI=1S/C25H20ClN3O/c26-19-11-9-17(10-12-19)24-23-21(20-3-1-2-4-22(20)28-23)13-14-29(24)25(30)18-7-5-16(15-27)6-8-18/h3-12,24,28H,1-2,13-14H2. The lowest BCUT2D eigenvalue weighted by atomic mass is 9.91. The third-order valence-corrected chi connectivity index (χ3v) is 6.22. The maximum Gasteiger partial charge on any atom is 0.254 e. The van der Waals surface area contributed by atoms with Crippen molar-refractivity contribution >= 4 is 29.7 Å². The summed E-state index contributed by atoms with van der Waals surface area (Å²) < 4.78 is 0. The molecular weight excluding hydrogens is 394 g/mol. The molecule has 1 aliphatic heterocycles. The lowest BCUT2D eigenvalue weighted by Crippen LogP contribution is -2.41. The molecule has 4 nitrogen and oxygen atoms in total. The molecule has 2 heterocycles. The molecule has 1 aromatic heterocycles. The van der Waals surface area contributed by atoms with Crippen molar-refractivity contribution in [3.05, 3.63) is 92.1 Å². The molecule has 1 N–H and O–H groups in total. The number of nitriles is 1. The molecule has 3 aromatic rings. The quantitative estimate of drug-likeness (QED) is 0.696. The van der Waals surface area contributed by atoms with E-state index in [1.165, 1.54) is 10.8 Å². The molecule has 0 fully saturated rings. The van der Waals surface area contributed by atoms with E-state index in [1.807, 2.05) is 29.2 Å². The van der Waals surface area contributed by atoms with Gasteiger partial charge in [-0.1, -0.05) is 35.9 Å². The van der Waals surface area contributed by atoms with Gasteiger partial charge >= 0.3 is 0 Å². The van der Waals surface area contributed by atoms with Crippen molar-refractivity contribution < 1.29 is 4.79 Å². The fraction of sp³-hybridized carbons (Fsp3) is 0.200. The molecule has 2 aliphatic rings. The van der Waals surface area contributed by atoms with Crippen LogP contribution >= 0.6 is 11.6 Å². The number of fused-ring (bicyclic) bond motifs is 3. The molecule has 0 saturated carbocycles. The van der Waals surface area contributed by atoms with Gasteiger partial charge in [0.15, 0.2) is 0 Å². The zero-order valence-electron chi connectivity index (χ0n) is 16.4. The zero-order chi connectivity index (χ0) is 20.7. The number of H-pyrrole nitrogens is 1. The lowest BCUT2D eigenvalue weighted by Gasteiger charge is -2.36. The van der Waals surface area contributed by atoms with Gasteiger partial charge in [0.25, 0.3) is 5.91 Å². The monoisotopic (exact) mass is 413 g/mol. The Kier molecular flexibility index (Phi) is 4.69. The molecule has 2 aromatic carbocycles. The van der Waals surface area contributed by atoms with Gasteiger partial charge < -0.3 is 9.88 Å². The first-order chi connectivity index (χ1) is 14.7. The molecule has 30 heavy (non-hydrogen) atoms. The second-order valence-corrected chi connectivity index (χ2v) is 8.16. The van der Waals surface area contributed by atoms with Crippen molar-refractivity contribution in [1.29, 1.82) is 5.26 Å². The van der Waals surface area contributed by atoms with Gasteiger partial charge in [0.1, 0.15) is 0 Å². The van der Waals surface area contributed by atoms with Crippen LogP contribution in [0.5, 0.6) is 0 Å². The largest absolute Gasteiger partial charge is 0.356 e. The zero-order valence-corrected chi connectivity index (χ0v) is 17.1. The summed E-state index contributed by atoms with van der Waals surface area (Å²) >= 11 is 6.13. The fourth-order valence-corrected chi connectivity index (χ4v) is 4.65. The molecule has 0 radical (unpaired) electrons. The van der Waals surface area contributed by atoms with Gasteiger partial charge in [0, 0.05) is 28.2 Å². The van der Waals surface area contributed by atoms with E-state index in [2.05, 4.69) is 23.2 Å². The highest BCUT2D eigenvalue weighted by molar-refractivity contribution is 6.30. The molecule has 148 valence electrons. The summed E-state index contributed by atoms with van der Waals surface area (Å²) in [7, 11) is 0. The highest BCUT2D eigenvalue weighted by Crippen LogP contribution is 2.34. The summed E-state index contributed by atoms with van der Waals surface area (Å²) in [5, 5.41) is 12.2. The first kappa shape index (κ1) is 18.7. The van der Waals surface area contributed by atoms with Crippen LogP contribution in [-0.4, -0.2) is 22.3 Å². The highest BCUT2D eigenvalue weighted by Gasteiger charge is 2.34. The third-order valence-electron chi connectivity index (χ3n) is 5.97. The van der Waals surface area contributed by atoms with Gasteiger partial charge in [-0.05, 0) is 72.0 Å². The van der Waals surface area contributed by atoms with E-state index in [1.54, 1.807) is 24.3 Å². The first-order valence-electron chi connectivity index (χ1n) is 10.1. The second kappa shape index (κ2) is 7.51. The topological polar surface area (TPSA) is 59.9 Å². The van der Waals surface area contributed by atoms with Crippen LogP contribution in [0.1, 0.15) is 51.6 Å². The number of hydrogen-bond donors (Lipinski definition) is 1. The van der Waals surface area contributed by atoms with Crippen molar-refractivity contribution in [2.24, 2.45) is 0 Å². The molecule has 0 saturated heterocycles. The van der Waals surface area contributed by atoms with Gasteiger partial charge in [-0.2, -0.15) is 5.26 Å². The summed E-state index contributed by atoms with van der Waals surface area (Å²) in [4.78, 5) is 19.0. The minimum absolute atomic E-state index is 0.0365. The summed E-state index contributed by atoms with van der Waals surface area (Å²) in [6, 6.07) is 16.5. The molecule has 1 atom stereocenters. The van der Waals surface area contributed by atoms with E-state index in [0.29, 0.717) is 22.7 Å². The van der Waals surface area contributed by atoms with Crippen LogP contribution in [0.15, 0.2) is 48.5 Å². The number of aromatic nitrogens is 1. The summed E-state index contributed by atoms with van der Waals surface area (Å²) in [5.41, 5.74) is 4.56. The number of halogens is 1. The number of aromatic amines is 1. The minimum Gasteiger partial charge on any atom is -0.356 e. The van der Waals surface area contributed by atoms with Gasteiger partial charge in [-0.15, -0.1) is 0 Å². The normalized spacial score (nSPS) is 17.2. The Morgan fingerprint density at radius 1 is 1.07 bits per heavy atom. The van der Waals surface area contributed by atoms with Crippen LogP contribution in [0.3, 0.4) is 0 Å². The number of nitrogens with zero attached hydrogens (tertiary/aromatic N) is 2. The Morgan fingerprint density at radius 2 is 1.80 bits per heavy atom. The van der Waals surface area contributed by atoms with Crippen molar-refractivity contribution in [3.63, 3.8) is 0 Å². The predicted molar refractivity (Wildman–Crippen MR) is 117 cm³/mol. The van der Waals surface area contributed by atoms with E-state index in [-0.39, 0.29) is 11.9 Å². The maximum absolute atomic E-state index is 13.5. The molecule has 0 bridgehead atoms. The summed E-state index contributed by atoms with van der Waals surface area (Å²) in [6.45, 7) is 0.636. The second-order valence-electron chi connectivity index (χ2n) is 7.72. The Hall–Kier alpha value is -3.29. The van der Waals surface area contributed by atoms with Crippen LogP contribution in [0.2, 0.25) is 5.02 Å². The van der Waals surface area contributed by atoms with E-state index < -0.39 is 0 Å². The minimum atomic E-state index is -0.207. The Balaban J connectivity index is 1.63. The van der Waals surface area contributed by atoms with Crippen molar-refractivity contribution in [2.75, 3.05) is 6.54 Å². The molecular formula is C25H20ClN3O. The van der Waals surface area contributed by atoms with E-state index >= 15 is 0 Å². The highest BCUT2D eigenvalue weighted by atomic mass is 35.5. The number of hydrogen-bond acceptors (Lipinski definition) is 2. The Labute approximate surface area is 179 Å². The molecule has 1 unspecified atom stereocenters. The van der Waals surface area contributed by atoms with Crippen molar-refractivity contribution in [3.8, 4) is 6.07 Å². The number of nitrogens with one attached hydrogen (secondary N) is 1. The first-order valence-corrected chi connectivity index (χ1v) is 10.5. The van der Waals surface area contributed by atoms with Crippen molar-refractivity contribution in [2.45, 2.75) is 25.3 Å². The van der Waals surface area contributed by atoms with E-state index in [9.17, 15) is 4.79 Å². The molecule has 5 rings (SSSR count). The molecule has 0 spiro atoms. The average molecular weight is 414 g/mol. The fourth-order valence-electron chi connectivity index (χ4n) is 4.53. The molecule has 1 amide bonds.